The summed E-state index contributed by atoms with van der Waals surface area (Å²) in [7, 11) is 0. The molecule has 2 aromatic rings. The van der Waals surface area contributed by atoms with Gasteiger partial charge in [-0.3, -0.25) is 4.79 Å². The van der Waals surface area contributed by atoms with Crippen molar-refractivity contribution in [2.45, 2.75) is 6.92 Å². The van der Waals surface area contributed by atoms with Crippen molar-refractivity contribution in [3.05, 3.63) is 23.2 Å². The number of oxazole rings is 1. The second kappa shape index (κ2) is 4.12. The van der Waals surface area contributed by atoms with Crippen LogP contribution in [-0.2, 0) is 0 Å². The summed E-state index contributed by atoms with van der Waals surface area (Å²) >= 11 is 6.77. The van der Waals surface area contributed by atoms with E-state index in [-0.39, 0.29) is 11.7 Å². The van der Waals surface area contributed by atoms with Gasteiger partial charge in [-0.1, -0.05) is 0 Å². The van der Waals surface area contributed by atoms with Crippen LogP contribution in [0.2, 0.25) is 0 Å². The third-order valence-corrected chi connectivity index (χ3v) is 2.86. The number of nitrogens with zero attached hydrogens (tertiary/aromatic N) is 2. The Labute approximate surface area is 94.9 Å². The minimum atomic E-state index is -0.181. The number of halogens is 1. The van der Waals surface area contributed by atoms with Crippen molar-refractivity contribution in [2.24, 2.45) is 0 Å². The van der Waals surface area contributed by atoms with E-state index >= 15 is 0 Å². The molecule has 0 spiro atoms. The summed E-state index contributed by atoms with van der Waals surface area (Å²) in [5.41, 5.74) is 1.02. The van der Waals surface area contributed by atoms with E-state index in [1.807, 2.05) is 0 Å². The summed E-state index contributed by atoms with van der Waals surface area (Å²) in [6.45, 7) is 1.75. The molecule has 0 aromatic carbocycles. The van der Waals surface area contributed by atoms with Gasteiger partial charge in [0.05, 0.1) is 5.88 Å². The Kier molecular flexibility index (Phi) is 2.83. The Hall–Kier alpha value is -1.20. The summed E-state index contributed by atoms with van der Waals surface area (Å²) in [6, 6.07) is 0. The highest BCUT2D eigenvalue weighted by molar-refractivity contribution is 7.13. The van der Waals surface area contributed by atoms with Crippen molar-refractivity contribution in [3.63, 3.8) is 0 Å². The van der Waals surface area contributed by atoms with Crippen LogP contribution in [0.3, 0.4) is 0 Å². The molecule has 2 rings (SSSR count). The van der Waals surface area contributed by atoms with Gasteiger partial charge in [0.1, 0.15) is 22.7 Å². The zero-order chi connectivity index (χ0) is 10.8. The van der Waals surface area contributed by atoms with Crippen LogP contribution in [0.5, 0.6) is 0 Å². The fourth-order valence-electron chi connectivity index (χ4n) is 1.05. The standard InChI is InChI=1S/C9H7ClN2O2S/c1-5-11-6(3-14-5)9-12-7(4-15-9)8(13)2-10/h3-4H,2H2,1H3. The number of hydrogen-bond donors (Lipinski definition) is 0. The molecule has 4 nitrogen and oxygen atoms in total. The largest absolute Gasteiger partial charge is 0.449 e. The van der Waals surface area contributed by atoms with Gasteiger partial charge < -0.3 is 4.42 Å². The van der Waals surface area contributed by atoms with E-state index in [9.17, 15) is 4.79 Å². The summed E-state index contributed by atoms with van der Waals surface area (Å²) in [6.07, 6.45) is 1.52. The zero-order valence-electron chi connectivity index (χ0n) is 7.86. The molecule has 0 atom stereocenters. The first-order valence-corrected chi connectivity index (χ1v) is 5.59. The van der Waals surface area contributed by atoms with Gasteiger partial charge in [0.2, 0.25) is 0 Å². The van der Waals surface area contributed by atoms with Crippen molar-refractivity contribution < 1.29 is 9.21 Å². The molecule has 0 N–H and O–H groups in total. The molecule has 0 radical (unpaired) electrons. The minimum Gasteiger partial charge on any atom is -0.449 e. The van der Waals surface area contributed by atoms with E-state index in [2.05, 4.69) is 9.97 Å². The van der Waals surface area contributed by atoms with Gasteiger partial charge in [0.25, 0.3) is 0 Å². The average Bonchev–Trinajstić information content (AvgIpc) is 2.84. The van der Waals surface area contributed by atoms with Crippen molar-refractivity contribution in [1.82, 2.24) is 9.97 Å². The Morgan fingerprint density at radius 2 is 2.40 bits per heavy atom. The van der Waals surface area contributed by atoms with Gasteiger partial charge in [-0.15, -0.1) is 22.9 Å². The quantitative estimate of drug-likeness (QED) is 0.613. The Morgan fingerprint density at radius 1 is 1.60 bits per heavy atom. The zero-order valence-corrected chi connectivity index (χ0v) is 9.43. The lowest BCUT2D eigenvalue weighted by molar-refractivity contribution is 0.101. The number of hydrogen-bond acceptors (Lipinski definition) is 5. The number of alkyl halides is 1. The van der Waals surface area contributed by atoms with Crippen LogP contribution >= 0.6 is 22.9 Å². The van der Waals surface area contributed by atoms with Crippen LogP contribution < -0.4 is 0 Å². The van der Waals surface area contributed by atoms with E-state index in [0.29, 0.717) is 22.3 Å². The van der Waals surface area contributed by atoms with Crippen LogP contribution in [0, 0.1) is 6.92 Å². The SMILES string of the molecule is Cc1nc(-c2nc(C(=O)CCl)cs2)co1. The van der Waals surface area contributed by atoms with Crippen molar-refractivity contribution in [3.8, 4) is 10.7 Å². The van der Waals surface area contributed by atoms with Gasteiger partial charge in [-0.2, -0.15) is 0 Å². The van der Waals surface area contributed by atoms with E-state index in [1.165, 1.54) is 17.6 Å². The number of carbonyl (C=O) groups is 1. The number of thiazole rings is 1. The first kappa shape index (κ1) is 10.3. The molecule has 78 valence electrons. The summed E-state index contributed by atoms with van der Waals surface area (Å²) < 4.78 is 5.06. The van der Waals surface area contributed by atoms with Gasteiger partial charge in [0, 0.05) is 12.3 Å². The lowest BCUT2D eigenvalue weighted by atomic mass is 10.3. The van der Waals surface area contributed by atoms with Gasteiger partial charge in [-0.05, 0) is 0 Å². The molecule has 0 aliphatic heterocycles. The number of Topliss-reactive ketones (excluding diaryl/α,β-unsaturated/α-hetero) is 1. The fraction of sp³-hybridized carbons (Fsp3) is 0.222. The molecule has 0 saturated heterocycles. The van der Waals surface area contributed by atoms with E-state index in [1.54, 1.807) is 12.3 Å². The van der Waals surface area contributed by atoms with Gasteiger partial charge >= 0.3 is 0 Å². The average molecular weight is 243 g/mol. The molecule has 0 aliphatic rings. The second-order valence-electron chi connectivity index (χ2n) is 2.85. The monoisotopic (exact) mass is 242 g/mol. The highest BCUT2D eigenvalue weighted by Crippen LogP contribution is 2.23. The van der Waals surface area contributed by atoms with Gasteiger partial charge in [-0.25, -0.2) is 9.97 Å². The molecular weight excluding hydrogens is 236 g/mol. The maximum absolute atomic E-state index is 11.2. The minimum absolute atomic E-state index is 0.0545. The third kappa shape index (κ3) is 2.08. The molecule has 0 saturated carbocycles. The van der Waals surface area contributed by atoms with E-state index in [0.717, 1.165) is 0 Å². The van der Waals surface area contributed by atoms with Crippen LogP contribution in [0.1, 0.15) is 16.4 Å². The first-order valence-electron chi connectivity index (χ1n) is 4.18. The smallest absolute Gasteiger partial charge is 0.196 e. The molecule has 2 heterocycles. The first-order chi connectivity index (χ1) is 7.20. The lowest BCUT2D eigenvalue weighted by Gasteiger charge is -1.87. The number of aryl methyl sites for hydroxylation is 1. The maximum Gasteiger partial charge on any atom is 0.196 e. The van der Waals surface area contributed by atoms with Crippen molar-refractivity contribution in [1.29, 1.82) is 0 Å². The highest BCUT2D eigenvalue weighted by Gasteiger charge is 2.12. The summed E-state index contributed by atoms with van der Waals surface area (Å²) in [5, 5.41) is 2.34. The predicted octanol–water partition coefficient (Wildman–Crippen LogP) is 2.53. The topological polar surface area (TPSA) is 56.0 Å². The van der Waals surface area contributed by atoms with Crippen LogP contribution in [0.15, 0.2) is 16.1 Å². The maximum atomic E-state index is 11.2. The van der Waals surface area contributed by atoms with Gasteiger partial charge in [0.15, 0.2) is 11.7 Å². The summed E-state index contributed by atoms with van der Waals surface area (Å²) in [5.74, 6) is 0.339. The predicted molar refractivity (Wildman–Crippen MR) is 57.4 cm³/mol. The van der Waals surface area contributed by atoms with Crippen molar-refractivity contribution >= 4 is 28.7 Å². The number of rotatable bonds is 3. The second-order valence-corrected chi connectivity index (χ2v) is 3.97. The molecule has 2 aromatic heterocycles. The lowest BCUT2D eigenvalue weighted by Crippen LogP contribution is -2.00. The molecule has 0 unspecified atom stereocenters. The highest BCUT2D eigenvalue weighted by atomic mass is 35.5. The molecule has 0 aliphatic carbocycles. The van der Waals surface area contributed by atoms with Crippen LogP contribution in [-0.4, -0.2) is 21.6 Å². The Bertz CT molecular complexity index is 492. The normalized spacial score (nSPS) is 10.5. The molecular formula is C9H7ClN2O2S. The molecule has 15 heavy (non-hydrogen) atoms. The molecule has 0 fully saturated rings. The van der Waals surface area contributed by atoms with E-state index < -0.39 is 0 Å². The van der Waals surface area contributed by atoms with Crippen molar-refractivity contribution in [2.75, 3.05) is 5.88 Å². The van der Waals surface area contributed by atoms with Crippen LogP contribution in [0.25, 0.3) is 10.7 Å². The number of carbonyl (C=O) groups excluding carboxylic acids is 1. The molecule has 0 amide bonds. The Morgan fingerprint density at radius 3 is 3.00 bits per heavy atom. The third-order valence-electron chi connectivity index (χ3n) is 1.75. The number of aromatic nitrogens is 2. The van der Waals surface area contributed by atoms with E-state index in [4.69, 9.17) is 16.0 Å². The molecule has 0 bridgehead atoms. The summed E-state index contributed by atoms with van der Waals surface area (Å²) in [4.78, 5) is 19.5. The fourth-order valence-corrected chi connectivity index (χ4v) is 1.96. The Balaban J connectivity index is 2.31. The molecule has 6 heteroatoms. The number of ketones is 1. The van der Waals surface area contributed by atoms with Crippen LogP contribution in [0.4, 0.5) is 0 Å².